The molecule has 0 aromatic heterocycles. The zero-order chi connectivity index (χ0) is 14.3. The van der Waals surface area contributed by atoms with Gasteiger partial charge in [0.25, 0.3) is 0 Å². The van der Waals surface area contributed by atoms with E-state index < -0.39 is 17.6 Å². The third-order valence-electron chi connectivity index (χ3n) is 2.61. The van der Waals surface area contributed by atoms with Crippen LogP contribution < -0.4 is 11.5 Å². The van der Waals surface area contributed by atoms with E-state index in [4.69, 9.17) is 21.3 Å². The van der Waals surface area contributed by atoms with Crippen LogP contribution in [-0.4, -0.2) is 22.7 Å². The summed E-state index contributed by atoms with van der Waals surface area (Å²) in [6.07, 6.45) is 0.381. The average Bonchev–Trinajstić information content (AvgIpc) is 2.37. The van der Waals surface area contributed by atoms with Gasteiger partial charge in [0.15, 0.2) is 5.66 Å². The summed E-state index contributed by atoms with van der Waals surface area (Å²) in [5.74, 6) is -1.69. The molecule has 0 atom stereocenters. The maximum atomic E-state index is 11.4. The summed E-state index contributed by atoms with van der Waals surface area (Å²) in [6.45, 7) is 0.203. The van der Waals surface area contributed by atoms with E-state index in [1.54, 1.807) is 0 Å². The van der Waals surface area contributed by atoms with Crippen LogP contribution in [0.5, 0.6) is 0 Å². The highest BCUT2D eigenvalue weighted by Crippen LogP contribution is 2.08. The van der Waals surface area contributed by atoms with Crippen molar-refractivity contribution in [2.75, 3.05) is 0 Å². The number of carboxylic acids is 1. The van der Waals surface area contributed by atoms with Gasteiger partial charge in [-0.15, -0.1) is 0 Å². The minimum Gasteiger partial charge on any atom is -0.479 e. The lowest BCUT2D eigenvalue weighted by Crippen LogP contribution is -2.56. The number of rotatable bonds is 7. The summed E-state index contributed by atoms with van der Waals surface area (Å²) in [5.41, 5.74) is 9.78. The molecular weight excluding hydrogens is 248 g/mol. The monoisotopic (exact) mass is 266 g/mol. The standard InChI is InChI=1S/C13H18N2O4/c14-13(15,12(17)18)8-4-7-11(16)19-9-10-5-2-1-3-6-10/h1-3,5-6H,4,7-9,14-15H2,(H,17,18). The molecule has 0 radical (unpaired) electrons. The molecule has 104 valence electrons. The number of aliphatic carboxylic acids is 1. The number of nitrogens with two attached hydrogens (primary N) is 2. The predicted molar refractivity (Wildman–Crippen MR) is 68.8 cm³/mol. The summed E-state index contributed by atoms with van der Waals surface area (Å²) < 4.78 is 5.04. The molecule has 0 aliphatic carbocycles. The van der Waals surface area contributed by atoms with Gasteiger partial charge >= 0.3 is 11.9 Å². The number of hydrogen-bond acceptors (Lipinski definition) is 5. The van der Waals surface area contributed by atoms with Crippen LogP contribution in [0.15, 0.2) is 30.3 Å². The third-order valence-corrected chi connectivity index (χ3v) is 2.61. The molecule has 5 N–H and O–H groups in total. The lowest BCUT2D eigenvalue weighted by Gasteiger charge is -2.18. The van der Waals surface area contributed by atoms with E-state index in [1.807, 2.05) is 30.3 Å². The Morgan fingerprint density at radius 3 is 2.42 bits per heavy atom. The van der Waals surface area contributed by atoms with Gasteiger partial charge in [0.2, 0.25) is 0 Å². The van der Waals surface area contributed by atoms with Gasteiger partial charge in [-0.1, -0.05) is 30.3 Å². The lowest BCUT2D eigenvalue weighted by atomic mass is 10.1. The van der Waals surface area contributed by atoms with Crippen molar-refractivity contribution in [3.63, 3.8) is 0 Å². The summed E-state index contributed by atoms with van der Waals surface area (Å²) in [6, 6.07) is 9.28. The van der Waals surface area contributed by atoms with Crippen LogP contribution in [-0.2, 0) is 20.9 Å². The number of benzene rings is 1. The maximum Gasteiger partial charge on any atom is 0.338 e. The molecule has 1 rings (SSSR count). The van der Waals surface area contributed by atoms with Crippen LogP contribution in [0, 0.1) is 0 Å². The Hall–Kier alpha value is -1.92. The van der Waals surface area contributed by atoms with E-state index in [9.17, 15) is 9.59 Å². The normalized spacial score (nSPS) is 11.1. The number of carbonyl (C=O) groups excluding carboxylic acids is 1. The van der Waals surface area contributed by atoms with Crippen LogP contribution in [0.4, 0.5) is 0 Å². The largest absolute Gasteiger partial charge is 0.479 e. The minimum atomic E-state index is -1.79. The van der Waals surface area contributed by atoms with Crippen molar-refractivity contribution in [1.82, 2.24) is 0 Å². The zero-order valence-electron chi connectivity index (χ0n) is 10.5. The molecular formula is C13H18N2O4. The molecule has 6 nitrogen and oxygen atoms in total. The second kappa shape index (κ2) is 6.86. The van der Waals surface area contributed by atoms with E-state index in [0.29, 0.717) is 0 Å². The van der Waals surface area contributed by atoms with Crippen LogP contribution >= 0.6 is 0 Å². The van der Waals surface area contributed by atoms with Crippen molar-refractivity contribution in [2.24, 2.45) is 11.5 Å². The highest BCUT2D eigenvalue weighted by Gasteiger charge is 2.28. The number of carboxylic acid groups (broad SMARTS) is 1. The van der Waals surface area contributed by atoms with E-state index in [1.165, 1.54) is 0 Å². The van der Waals surface area contributed by atoms with Crippen LogP contribution in [0.2, 0.25) is 0 Å². The van der Waals surface area contributed by atoms with Crippen molar-refractivity contribution >= 4 is 11.9 Å². The molecule has 0 saturated heterocycles. The summed E-state index contributed by atoms with van der Waals surface area (Å²) in [4.78, 5) is 22.1. The first-order valence-corrected chi connectivity index (χ1v) is 5.92. The van der Waals surface area contributed by atoms with E-state index >= 15 is 0 Å². The van der Waals surface area contributed by atoms with Gasteiger partial charge in [-0.3, -0.25) is 4.79 Å². The molecule has 0 amide bonds. The SMILES string of the molecule is NC(N)(CCCC(=O)OCc1ccccc1)C(=O)O. The molecule has 19 heavy (non-hydrogen) atoms. The molecule has 0 spiro atoms. The van der Waals surface area contributed by atoms with Gasteiger partial charge in [0, 0.05) is 6.42 Å². The minimum absolute atomic E-state index is 0.0166. The highest BCUT2D eigenvalue weighted by atomic mass is 16.5. The fraction of sp³-hybridized carbons (Fsp3) is 0.385. The third kappa shape index (κ3) is 5.50. The summed E-state index contributed by atoms with van der Waals surface area (Å²) in [7, 11) is 0. The highest BCUT2D eigenvalue weighted by molar-refractivity contribution is 5.77. The van der Waals surface area contributed by atoms with Gasteiger partial charge in [0.1, 0.15) is 6.61 Å². The molecule has 0 heterocycles. The van der Waals surface area contributed by atoms with Crippen LogP contribution in [0.1, 0.15) is 24.8 Å². The molecule has 0 fully saturated rings. The second-order valence-corrected chi connectivity index (χ2v) is 4.35. The Labute approximate surface area is 111 Å². The summed E-state index contributed by atoms with van der Waals surface area (Å²) in [5, 5.41) is 8.69. The smallest absolute Gasteiger partial charge is 0.338 e. The first-order valence-electron chi connectivity index (χ1n) is 5.92. The topological polar surface area (TPSA) is 116 Å². The summed E-state index contributed by atoms with van der Waals surface area (Å²) >= 11 is 0. The predicted octanol–water partition coefficient (Wildman–Crippen LogP) is 0.598. The second-order valence-electron chi connectivity index (χ2n) is 4.35. The van der Waals surface area contributed by atoms with Crippen molar-refractivity contribution in [2.45, 2.75) is 31.5 Å². The Bertz CT molecular complexity index is 432. The molecule has 6 heteroatoms. The Kier molecular flexibility index (Phi) is 5.47. The van der Waals surface area contributed by atoms with Gasteiger partial charge in [-0.05, 0) is 18.4 Å². The fourth-order valence-electron chi connectivity index (χ4n) is 1.44. The van der Waals surface area contributed by atoms with Crippen molar-refractivity contribution in [1.29, 1.82) is 0 Å². The van der Waals surface area contributed by atoms with Gasteiger partial charge < -0.3 is 21.3 Å². The molecule has 0 saturated carbocycles. The Balaban J connectivity index is 2.24. The first-order chi connectivity index (χ1) is 8.92. The zero-order valence-corrected chi connectivity index (χ0v) is 10.5. The lowest BCUT2D eigenvalue weighted by molar-refractivity contribution is -0.147. The van der Waals surface area contributed by atoms with E-state index in [2.05, 4.69) is 0 Å². The average molecular weight is 266 g/mol. The van der Waals surface area contributed by atoms with Gasteiger partial charge in [-0.25, -0.2) is 4.79 Å². The van der Waals surface area contributed by atoms with Crippen molar-refractivity contribution in [3.8, 4) is 0 Å². The maximum absolute atomic E-state index is 11.4. The quantitative estimate of drug-likeness (QED) is 0.491. The Morgan fingerprint density at radius 1 is 1.21 bits per heavy atom. The number of carbonyl (C=O) groups is 2. The fourth-order valence-corrected chi connectivity index (χ4v) is 1.44. The van der Waals surface area contributed by atoms with Crippen LogP contribution in [0.3, 0.4) is 0 Å². The van der Waals surface area contributed by atoms with Gasteiger partial charge in [-0.2, -0.15) is 0 Å². The molecule has 0 bridgehead atoms. The molecule has 0 unspecified atom stereocenters. The Morgan fingerprint density at radius 2 is 1.84 bits per heavy atom. The number of ether oxygens (including phenoxy) is 1. The van der Waals surface area contributed by atoms with Crippen molar-refractivity contribution < 1.29 is 19.4 Å². The number of hydrogen-bond donors (Lipinski definition) is 3. The number of esters is 1. The molecule has 0 aliphatic rings. The van der Waals surface area contributed by atoms with E-state index in [-0.39, 0.29) is 25.9 Å². The van der Waals surface area contributed by atoms with Crippen molar-refractivity contribution in [3.05, 3.63) is 35.9 Å². The van der Waals surface area contributed by atoms with E-state index in [0.717, 1.165) is 5.56 Å². The molecule has 0 aliphatic heterocycles. The van der Waals surface area contributed by atoms with Gasteiger partial charge in [0.05, 0.1) is 0 Å². The van der Waals surface area contributed by atoms with Crippen LogP contribution in [0.25, 0.3) is 0 Å². The molecule has 1 aromatic carbocycles. The molecule has 1 aromatic rings. The first kappa shape index (κ1) is 15.1.